The molecule has 0 unspecified atom stereocenters. The van der Waals surface area contributed by atoms with Crippen molar-refractivity contribution in [3.05, 3.63) is 33.8 Å². The first kappa shape index (κ1) is 12.7. The fourth-order valence-corrected chi connectivity index (χ4v) is 1.90. The monoisotopic (exact) mass is 272 g/mol. The Balaban J connectivity index is 1.83. The molecule has 0 saturated heterocycles. The fraction of sp³-hybridized carbons (Fsp3) is 0.417. The van der Waals surface area contributed by atoms with Crippen molar-refractivity contribution in [3.8, 4) is 0 Å². The van der Waals surface area contributed by atoms with Crippen LogP contribution in [0, 0.1) is 0 Å². The lowest BCUT2D eigenvalue weighted by Crippen LogP contribution is -2.32. The van der Waals surface area contributed by atoms with E-state index >= 15 is 0 Å². The summed E-state index contributed by atoms with van der Waals surface area (Å²) in [4.78, 5) is 11.8. The van der Waals surface area contributed by atoms with Crippen LogP contribution in [0.5, 0.6) is 0 Å². The van der Waals surface area contributed by atoms with Gasteiger partial charge in [0.05, 0.1) is 15.6 Å². The molecule has 0 heterocycles. The highest BCUT2D eigenvalue weighted by molar-refractivity contribution is 6.43. The van der Waals surface area contributed by atoms with Gasteiger partial charge in [0, 0.05) is 19.1 Å². The molecule has 3 nitrogen and oxygen atoms in total. The van der Waals surface area contributed by atoms with E-state index in [1.165, 1.54) is 12.8 Å². The molecule has 0 aliphatic heterocycles. The van der Waals surface area contributed by atoms with Gasteiger partial charge in [0.15, 0.2) is 0 Å². The molecule has 0 spiro atoms. The summed E-state index contributed by atoms with van der Waals surface area (Å²) in [7, 11) is 0. The van der Waals surface area contributed by atoms with E-state index in [1.54, 1.807) is 18.2 Å². The quantitative estimate of drug-likeness (QED) is 0.809. The number of nitrogens with one attached hydrogen (secondary N) is 2. The first-order chi connectivity index (χ1) is 8.18. The molecular formula is C12H14Cl2N2O. The van der Waals surface area contributed by atoms with Gasteiger partial charge in [-0.05, 0) is 25.0 Å². The van der Waals surface area contributed by atoms with Crippen LogP contribution in [-0.2, 0) is 0 Å². The number of benzene rings is 1. The molecule has 1 aliphatic carbocycles. The summed E-state index contributed by atoms with van der Waals surface area (Å²) in [5.41, 5.74) is 0.422. The van der Waals surface area contributed by atoms with Gasteiger partial charge in [-0.15, -0.1) is 0 Å². The normalized spacial score (nSPS) is 14.7. The molecule has 0 radical (unpaired) electrons. The van der Waals surface area contributed by atoms with Crippen LogP contribution in [0.2, 0.25) is 10.0 Å². The molecule has 1 fully saturated rings. The first-order valence-corrected chi connectivity index (χ1v) is 6.39. The van der Waals surface area contributed by atoms with Crippen LogP contribution >= 0.6 is 23.2 Å². The summed E-state index contributed by atoms with van der Waals surface area (Å²) in [6, 6.07) is 5.69. The number of halogens is 2. The fourth-order valence-electron chi connectivity index (χ4n) is 1.51. The Morgan fingerprint density at radius 1 is 1.29 bits per heavy atom. The van der Waals surface area contributed by atoms with Crippen molar-refractivity contribution in [3.63, 3.8) is 0 Å². The van der Waals surface area contributed by atoms with Crippen molar-refractivity contribution in [2.75, 3.05) is 13.1 Å². The van der Waals surface area contributed by atoms with Crippen molar-refractivity contribution < 1.29 is 4.79 Å². The van der Waals surface area contributed by atoms with Crippen LogP contribution in [0.25, 0.3) is 0 Å². The van der Waals surface area contributed by atoms with E-state index in [2.05, 4.69) is 10.6 Å². The third-order valence-electron chi connectivity index (χ3n) is 2.62. The number of rotatable bonds is 5. The number of amides is 1. The van der Waals surface area contributed by atoms with Gasteiger partial charge in [-0.2, -0.15) is 0 Å². The largest absolute Gasteiger partial charge is 0.351 e. The lowest BCUT2D eigenvalue weighted by Gasteiger charge is -2.08. The Labute approximate surface area is 110 Å². The topological polar surface area (TPSA) is 41.1 Å². The molecule has 2 N–H and O–H groups in total. The lowest BCUT2D eigenvalue weighted by molar-refractivity contribution is 0.0954. The molecule has 1 saturated carbocycles. The second-order valence-electron chi connectivity index (χ2n) is 4.09. The van der Waals surface area contributed by atoms with Gasteiger partial charge >= 0.3 is 0 Å². The molecule has 2 rings (SSSR count). The Hall–Kier alpha value is -0.770. The Bertz CT molecular complexity index is 419. The van der Waals surface area contributed by atoms with Gasteiger partial charge in [-0.1, -0.05) is 29.3 Å². The summed E-state index contributed by atoms with van der Waals surface area (Å²) in [6.45, 7) is 1.38. The maximum Gasteiger partial charge on any atom is 0.252 e. The molecule has 92 valence electrons. The summed E-state index contributed by atoms with van der Waals surface area (Å²) in [5.74, 6) is -0.185. The van der Waals surface area contributed by atoms with Gasteiger partial charge in [0.2, 0.25) is 0 Å². The number of carbonyl (C=O) groups excluding carboxylic acids is 1. The highest BCUT2D eigenvalue weighted by atomic mass is 35.5. The van der Waals surface area contributed by atoms with Crippen molar-refractivity contribution in [2.45, 2.75) is 18.9 Å². The molecular weight excluding hydrogens is 259 g/mol. The second kappa shape index (κ2) is 5.71. The second-order valence-corrected chi connectivity index (χ2v) is 4.87. The minimum atomic E-state index is -0.185. The lowest BCUT2D eigenvalue weighted by atomic mass is 10.2. The van der Waals surface area contributed by atoms with Crippen LogP contribution in [-0.4, -0.2) is 25.0 Å². The zero-order valence-corrected chi connectivity index (χ0v) is 10.8. The molecule has 1 amide bonds. The Morgan fingerprint density at radius 2 is 2.06 bits per heavy atom. The summed E-state index contributed by atoms with van der Waals surface area (Å²) in [5, 5.41) is 6.83. The number of hydrogen-bond donors (Lipinski definition) is 2. The van der Waals surface area contributed by atoms with Crippen molar-refractivity contribution in [1.82, 2.24) is 10.6 Å². The first-order valence-electron chi connectivity index (χ1n) is 5.64. The van der Waals surface area contributed by atoms with E-state index in [1.807, 2.05) is 0 Å². The smallest absolute Gasteiger partial charge is 0.252 e. The minimum Gasteiger partial charge on any atom is -0.351 e. The van der Waals surface area contributed by atoms with Gasteiger partial charge in [0.1, 0.15) is 0 Å². The molecule has 0 atom stereocenters. The summed E-state index contributed by atoms with van der Waals surface area (Å²) >= 11 is 11.8. The number of carbonyl (C=O) groups is 1. The van der Waals surface area contributed by atoms with Crippen LogP contribution in [0.4, 0.5) is 0 Å². The van der Waals surface area contributed by atoms with Crippen LogP contribution in [0.3, 0.4) is 0 Å². The Morgan fingerprint density at radius 3 is 2.76 bits per heavy atom. The number of hydrogen-bond acceptors (Lipinski definition) is 2. The average molecular weight is 273 g/mol. The van der Waals surface area contributed by atoms with Crippen LogP contribution in [0.15, 0.2) is 18.2 Å². The van der Waals surface area contributed by atoms with E-state index < -0.39 is 0 Å². The molecule has 17 heavy (non-hydrogen) atoms. The van der Waals surface area contributed by atoms with E-state index in [0.717, 1.165) is 6.54 Å². The van der Waals surface area contributed by atoms with Crippen LogP contribution < -0.4 is 10.6 Å². The van der Waals surface area contributed by atoms with Crippen molar-refractivity contribution >= 4 is 29.1 Å². The van der Waals surface area contributed by atoms with E-state index in [9.17, 15) is 4.79 Å². The minimum absolute atomic E-state index is 0.185. The van der Waals surface area contributed by atoms with Crippen molar-refractivity contribution in [1.29, 1.82) is 0 Å². The molecule has 0 bridgehead atoms. The maximum absolute atomic E-state index is 11.8. The molecule has 1 aromatic rings. The van der Waals surface area contributed by atoms with E-state index in [0.29, 0.717) is 28.2 Å². The van der Waals surface area contributed by atoms with Gasteiger partial charge < -0.3 is 10.6 Å². The summed E-state index contributed by atoms with van der Waals surface area (Å²) in [6.07, 6.45) is 2.49. The zero-order chi connectivity index (χ0) is 12.3. The van der Waals surface area contributed by atoms with Crippen LogP contribution in [0.1, 0.15) is 23.2 Å². The third kappa shape index (κ3) is 3.60. The third-order valence-corrected chi connectivity index (χ3v) is 3.44. The zero-order valence-electron chi connectivity index (χ0n) is 9.30. The highest BCUT2D eigenvalue weighted by Gasteiger charge is 2.19. The highest BCUT2D eigenvalue weighted by Crippen LogP contribution is 2.25. The standard InChI is InChI=1S/C12H14Cl2N2O/c13-10-3-1-2-9(11(10)14)12(17)16-7-6-15-8-4-5-8/h1-3,8,15H,4-7H2,(H,16,17). The van der Waals surface area contributed by atoms with Gasteiger partial charge in [-0.3, -0.25) is 4.79 Å². The van der Waals surface area contributed by atoms with E-state index in [-0.39, 0.29) is 5.91 Å². The van der Waals surface area contributed by atoms with Crippen molar-refractivity contribution in [2.24, 2.45) is 0 Å². The SMILES string of the molecule is O=C(NCCNC1CC1)c1cccc(Cl)c1Cl. The van der Waals surface area contributed by atoms with E-state index in [4.69, 9.17) is 23.2 Å². The van der Waals surface area contributed by atoms with Gasteiger partial charge in [0.25, 0.3) is 5.91 Å². The molecule has 1 aromatic carbocycles. The Kier molecular flexibility index (Phi) is 4.26. The average Bonchev–Trinajstić information content (AvgIpc) is 3.12. The molecule has 5 heteroatoms. The molecule has 0 aromatic heterocycles. The predicted octanol–water partition coefficient (Wildman–Crippen LogP) is 2.48. The molecule has 1 aliphatic rings. The van der Waals surface area contributed by atoms with Gasteiger partial charge in [-0.25, -0.2) is 0 Å². The predicted molar refractivity (Wildman–Crippen MR) is 69.8 cm³/mol. The maximum atomic E-state index is 11.8. The summed E-state index contributed by atoms with van der Waals surface area (Å²) < 4.78 is 0.